The SMILES string of the molecule is Cc1cnc(C)c(NCc2ccc3c(c2)OCCCO3)n1. The Morgan fingerprint density at radius 3 is 2.81 bits per heavy atom. The van der Waals surface area contributed by atoms with Crippen molar-refractivity contribution in [2.45, 2.75) is 26.8 Å². The molecule has 0 saturated carbocycles. The molecule has 0 spiro atoms. The lowest BCUT2D eigenvalue weighted by Crippen LogP contribution is -2.05. The van der Waals surface area contributed by atoms with Crippen LogP contribution in [0.5, 0.6) is 11.5 Å². The van der Waals surface area contributed by atoms with E-state index in [1.807, 2.05) is 32.0 Å². The quantitative estimate of drug-likeness (QED) is 0.939. The summed E-state index contributed by atoms with van der Waals surface area (Å²) >= 11 is 0. The summed E-state index contributed by atoms with van der Waals surface area (Å²) < 4.78 is 11.3. The van der Waals surface area contributed by atoms with E-state index in [1.54, 1.807) is 6.20 Å². The third kappa shape index (κ3) is 3.24. The summed E-state index contributed by atoms with van der Waals surface area (Å²) in [5.41, 5.74) is 2.93. The standard InChI is InChI=1S/C16H19N3O2/c1-11-9-17-12(2)16(19-11)18-10-13-4-5-14-15(8-13)21-7-3-6-20-14/h4-5,8-9H,3,6-7,10H2,1-2H3,(H,18,19). The Morgan fingerprint density at radius 1 is 1.14 bits per heavy atom. The predicted molar refractivity (Wildman–Crippen MR) is 80.9 cm³/mol. The number of aromatic nitrogens is 2. The van der Waals surface area contributed by atoms with Crippen molar-refractivity contribution in [1.82, 2.24) is 9.97 Å². The van der Waals surface area contributed by atoms with Crippen LogP contribution in [0.25, 0.3) is 0 Å². The molecule has 2 aromatic rings. The fourth-order valence-corrected chi connectivity index (χ4v) is 2.21. The predicted octanol–water partition coefficient (Wildman–Crippen LogP) is 2.87. The van der Waals surface area contributed by atoms with Crippen molar-refractivity contribution in [3.8, 4) is 11.5 Å². The van der Waals surface area contributed by atoms with Gasteiger partial charge in [0.05, 0.1) is 24.6 Å². The summed E-state index contributed by atoms with van der Waals surface area (Å²) in [7, 11) is 0. The van der Waals surface area contributed by atoms with Crippen LogP contribution >= 0.6 is 0 Å². The van der Waals surface area contributed by atoms with E-state index in [1.165, 1.54) is 0 Å². The Balaban J connectivity index is 1.73. The van der Waals surface area contributed by atoms with Gasteiger partial charge in [-0.3, -0.25) is 4.98 Å². The number of ether oxygens (including phenoxy) is 2. The number of fused-ring (bicyclic) bond motifs is 1. The van der Waals surface area contributed by atoms with Gasteiger partial charge in [-0.05, 0) is 31.5 Å². The maximum Gasteiger partial charge on any atom is 0.161 e. The minimum absolute atomic E-state index is 0.676. The second kappa shape index (κ2) is 5.99. The normalized spacial score (nSPS) is 13.6. The summed E-state index contributed by atoms with van der Waals surface area (Å²) in [4.78, 5) is 8.76. The largest absolute Gasteiger partial charge is 0.490 e. The molecule has 3 rings (SSSR count). The van der Waals surface area contributed by atoms with Gasteiger partial charge in [0, 0.05) is 19.2 Å². The monoisotopic (exact) mass is 285 g/mol. The van der Waals surface area contributed by atoms with E-state index in [4.69, 9.17) is 9.47 Å². The number of anilines is 1. The van der Waals surface area contributed by atoms with Gasteiger partial charge in [0.2, 0.25) is 0 Å². The van der Waals surface area contributed by atoms with E-state index >= 15 is 0 Å². The highest BCUT2D eigenvalue weighted by molar-refractivity contribution is 5.45. The first-order valence-electron chi connectivity index (χ1n) is 7.15. The van der Waals surface area contributed by atoms with E-state index in [9.17, 15) is 0 Å². The van der Waals surface area contributed by atoms with E-state index < -0.39 is 0 Å². The van der Waals surface area contributed by atoms with E-state index in [0.717, 1.165) is 40.7 Å². The molecule has 0 radical (unpaired) electrons. The molecular formula is C16H19N3O2. The lowest BCUT2D eigenvalue weighted by Gasteiger charge is -2.11. The number of hydrogen-bond donors (Lipinski definition) is 1. The van der Waals surface area contributed by atoms with Crippen LogP contribution in [0.2, 0.25) is 0 Å². The van der Waals surface area contributed by atoms with Gasteiger partial charge < -0.3 is 14.8 Å². The summed E-state index contributed by atoms with van der Waals surface area (Å²) in [5, 5.41) is 3.32. The van der Waals surface area contributed by atoms with Crippen LogP contribution in [0.15, 0.2) is 24.4 Å². The highest BCUT2D eigenvalue weighted by Gasteiger charge is 2.11. The Labute approximate surface area is 124 Å². The fraction of sp³-hybridized carbons (Fsp3) is 0.375. The molecule has 1 aliphatic heterocycles. The molecule has 0 saturated heterocycles. The van der Waals surface area contributed by atoms with Crippen molar-refractivity contribution in [3.63, 3.8) is 0 Å². The van der Waals surface area contributed by atoms with Crippen molar-refractivity contribution in [2.75, 3.05) is 18.5 Å². The fourth-order valence-electron chi connectivity index (χ4n) is 2.21. The maximum absolute atomic E-state index is 5.70. The van der Waals surface area contributed by atoms with Gasteiger partial charge in [-0.2, -0.15) is 0 Å². The Kier molecular flexibility index (Phi) is 3.90. The van der Waals surface area contributed by atoms with Crippen molar-refractivity contribution in [2.24, 2.45) is 0 Å². The minimum atomic E-state index is 0.676. The summed E-state index contributed by atoms with van der Waals surface area (Å²) in [6, 6.07) is 6.03. The molecule has 1 aromatic carbocycles. The topological polar surface area (TPSA) is 56.3 Å². The van der Waals surface area contributed by atoms with Crippen LogP contribution in [-0.4, -0.2) is 23.2 Å². The van der Waals surface area contributed by atoms with Crippen LogP contribution in [0, 0.1) is 13.8 Å². The molecule has 5 heteroatoms. The molecule has 0 bridgehead atoms. The average molecular weight is 285 g/mol. The first-order valence-corrected chi connectivity index (χ1v) is 7.15. The zero-order chi connectivity index (χ0) is 14.7. The van der Waals surface area contributed by atoms with Crippen molar-refractivity contribution < 1.29 is 9.47 Å². The minimum Gasteiger partial charge on any atom is -0.490 e. The molecule has 21 heavy (non-hydrogen) atoms. The molecular weight excluding hydrogens is 266 g/mol. The molecule has 0 aliphatic carbocycles. The number of aryl methyl sites for hydroxylation is 2. The van der Waals surface area contributed by atoms with Crippen molar-refractivity contribution >= 4 is 5.82 Å². The average Bonchev–Trinajstić information content (AvgIpc) is 2.73. The summed E-state index contributed by atoms with van der Waals surface area (Å²) in [6.07, 6.45) is 2.69. The molecule has 110 valence electrons. The lowest BCUT2D eigenvalue weighted by molar-refractivity contribution is 0.297. The van der Waals surface area contributed by atoms with Gasteiger partial charge in [0.15, 0.2) is 11.5 Å². The van der Waals surface area contributed by atoms with E-state index in [0.29, 0.717) is 19.8 Å². The smallest absolute Gasteiger partial charge is 0.161 e. The van der Waals surface area contributed by atoms with Crippen LogP contribution in [0.1, 0.15) is 23.4 Å². The second-order valence-corrected chi connectivity index (χ2v) is 5.13. The first-order chi connectivity index (χ1) is 10.2. The molecule has 1 aromatic heterocycles. The number of hydrogen-bond acceptors (Lipinski definition) is 5. The molecule has 0 fully saturated rings. The molecule has 0 atom stereocenters. The lowest BCUT2D eigenvalue weighted by atomic mass is 10.2. The summed E-state index contributed by atoms with van der Waals surface area (Å²) in [5.74, 6) is 2.46. The first kappa shape index (κ1) is 13.7. The molecule has 5 nitrogen and oxygen atoms in total. The number of nitrogens with zero attached hydrogens (tertiary/aromatic N) is 2. The molecule has 1 N–H and O–H groups in total. The summed E-state index contributed by atoms with van der Waals surface area (Å²) in [6.45, 7) is 5.97. The third-order valence-corrected chi connectivity index (χ3v) is 3.35. The Morgan fingerprint density at radius 2 is 1.95 bits per heavy atom. The second-order valence-electron chi connectivity index (χ2n) is 5.13. The van der Waals surface area contributed by atoms with Crippen LogP contribution in [0.3, 0.4) is 0 Å². The molecule has 0 amide bonds. The Hall–Kier alpha value is -2.30. The zero-order valence-corrected chi connectivity index (χ0v) is 12.3. The van der Waals surface area contributed by atoms with Gasteiger partial charge in [-0.1, -0.05) is 6.07 Å². The van der Waals surface area contributed by atoms with Gasteiger partial charge in [0.1, 0.15) is 5.82 Å². The van der Waals surface area contributed by atoms with E-state index in [-0.39, 0.29) is 0 Å². The molecule has 0 unspecified atom stereocenters. The number of benzene rings is 1. The van der Waals surface area contributed by atoms with Crippen LogP contribution in [-0.2, 0) is 6.54 Å². The van der Waals surface area contributed by atoms with Crippen molar-refractivity contribution in [1.29, 1.82) is 0 Å². The highest BCUT2D eigenvalue weighted by atomic mass is 16.5. The highest BCUT2D eigenvalue weighted by Crippen LogP contribution is 2.30. The molecule has 1 aliphatic rings. The van der Waals surface area contributed by atoms with Gasteiger partial charge >= 0.3 is 0 Å². The van der Waals surface area contributed by atoms with Gasteiger partial charge in [-0.25, -0.2) is 4.98 Å². The number of rotatable bonds is 3. The maximum atomic E-state index is 5.70. The van der Waals surface area contributed by atoms with Gasteiger partial charge in [-0.15, -0.1) is 0 Å². The number of nitrogens with one attached hydrogen (secondary N) is 1. The Bertz CT molecular complexity index is 643. The third-order valence-electron chi connectivity index (χ3n) is 3.35. The van der Waals surface area contributed by atoms with Crippen LogP contribution < -0.4 is 14.8 Å². The van der Waals surface area contributed by atoms with E-state index in [2.05, 4.69) is 15.3 Å². The zero-order valence-electron chi connectivity index (χ0n) is 12.3. The molecule has 2 heterocycles. The van der Waals surface area contributed by atoms with Crippen molar-refractivity contribution in [3.05, 3.63) is 41.3 Å². The van der Waals surface area contributed by atoms with Gasteiger partial charge in [0.25, 0.3) is 0 Å². The van der Waals surface area contributed by atoms with Crippen LogP contribution in [0.4, 0.5) is 5.82 Å².